The van der Waals surface area contributed by atoms with Crippen molar-refractivity contribution < 1.29 is 84.0 Å². The molecule has 3 aliphatic heterocycles. The van der Waals surface area contributed by atoms with Gasteiger partial charge >= 0.3 is 35.6 Å². The lowest BCUT2D eigenvalue weighted by Crippen LogP contribution is -2.52. The molecule has 0 unspecified atom stereocenters. The molecule has 4 heterocycles. The van der Waals surface area contributed by atoms with Crippen LogP contribution in [0.2, 0.25) is 0 Å². The summed E-state index contributed by atoms with van der Waals surface area (Å²) >= 11 is 0. The largest absolute Gasteiger partial charge is 0.508 e. The number of nitrogens with two attached hydrogens (primary N) is 1. The number of H-pyrrole nitrogens is 1. The smallest absolute Gasteiger partial charge is 0.348 e. The van der Waals surface area contributed by atoms with Crippen LogP contribution >= 0.6 is 0 Å². The maximum atomic E-state index is 14.2. The van der Waals surface area contributed by atoms with Crippen molar-refractivity contribution in [2.45, 2.75) is 96.8 Å². The number of aliphatic carboxylic acids is 4. The lowest BCUT2D eigenvalue weighted by molar-refractivity contribution is -0.145. The number of phenols is 4. The zero-order valence-electron chi connectivity index (χ0n) is 59.5. The SMILES string of the molecule is CC(C)c1cc(C(=N)N(C(N)=O)c2ccc(CN3CCN(C(=O)CCNC(=O)[C@@H](CCC(=O)N4CCN(Cc5ccc(-n6c(-c7cc(C(C)C)c(O)cc7O)n[nH]c6=O)cc5)CC4)NC(=O)CC[C@H](C(=O)O)N4CCN(CC(=O)O)CCN(CC(=O)O)CCN(CC(=O)O)CC4)CC3)cc2)c(O)cc1O. The van der Waals surface area contributed by atoms with Gasteiger partial charge in [0.25, 0.3) is 0 Å². The predicted molar refractivity (Wildman–Crippen MR) is 383 cm³/mol. The first-order valence-electron chi connectivity index (χ1n) is 35.0. The zero-order valence-corrected chi connectivity index (χ0v) is 59.5. The molecule has 6 amide bonds. The van der Waals surface area contributed by atoms with E-state index < -0.39 is 90.6 Å². The summed E-state index contributed by atoms with van der Waals surface area (Å²) in [5.41, 5.74) is 8.97. The number of benzene rings is 4. The van der Waals surface area contributed by atoms with Gasteiger partial charge in [-0.2, -0.15) is 5.10 Å². The first-order chi connectivity index (χ1) is 49.9. The summed E-state index contributed by atoms with van der Waals surface area (Å²) < 4.78 is 1.32. The van der Waals surface area contributed by atoms with Gasteiger partial charge in [0.15, 0.2) is 5.82 Å². The van der Waals surface area contributed by atoms with Crippen molar-refractivity contribution in [2.24, 2.45) is 5.73 Å². The van der Waals surface area contributed by atoms with Crippen LogP contribution in [0.1, 0.15) is 99.5 Å². The fraction of sp³-hybridized carbons (Fsp3) is 0.493. The van der Waals surface area contributed by atoms with Gasteiger partial charge < -0.3 is 67.0 Å². The highest BCUT2D eigenvalue weighted by Crippen LogP contribution is 2.38. The molecule has 34 nitrogen and oxygen atoms in total. The Labute approximate surface area is 606 Å². The minimum absolute atomic E-state index is 0.000225. The van der Waals surface area contributed by atoms with Crippen LogP contribution < -0.4 is 27.0 Å². The maximum absolute atomic E-state index is 14.2. The van der Waals surface area contributed by atoms with Crippen molar-refractivity contribution in [3.05, 3.63) is 111 Å². The highest BCUT2D eigenvalue weighted by molar-refractivity contribution is 6.22. The lowest BCUT2D eigenvalue weighted by atomic mass is 9.98. The van der Waals surface area contributed by atoms with Gasteiger partial charge in [-0.3, -0.25) is 73.2 Å². The number of amides is 6. The maximum Gasteiger partial charge on any atom is 0.348 e. The molecule has 1 aromatic heterocycles. The number of nitrogens with one attached hydrogen (secondary N) is 4. The number of primary amides is 1. The molecular weight excluding hydrogens is 1360 g/mol. The Balaban J connectivity index is 0.885. The Morgan fingerprint density at radius 2 is 1.02 bits per heavy atom. The van der Waals surface area contributed by atoms with Crippen molar-refractivity contribution in [3.63, 3.8) is 0 Å². The third kappa shape index (κ3) is 22.5. The molecule has 3 aliphatic rings. The number of hydrogen-bond donors (Lipinski definition) is 13. The Kier molecular flexibility index (Phi) is 28.5. The van der Waals surface area contributed by atoms with Crippen LogP contribution in [0, 0.1) is 5.41 Å². The third-order valence-electron chi connectivity index (χ3n) is 19.1. The van der Waals surface area contributed by atoms with Gasteiger partial charge in [-0.1, -0.05) is 52.0 Å². The van der Waals surface area contributed by atoms with Crippen molar-refractivity contribution in [1.29, 1.82) is 5.41 Å². The predicted octanol–water partition coefficient (Wildman–Crippen LogP) is 1.68. The molecule has 0 radical (unpaired) electrons. The number of carbonyl (C=O) groups is 9. The summed E-state index contributed by atoms with van der Waals surface area (Å²) in [4.78, 5) is 145. The molecule has 0 spiro atoms. The number of urea groups is 1. The normalized spacial score (nSPS) is 16.4. The molecule has 0 bridgehead atoms. The number of nitrogens with zero attached hydrogens (tertiary/aromatic N) is 11. The molecule has 105 heavy (non-hydrogen) atoms. The van der Waals surface area contributed by atoms with E-state index in [0.717, 1.165) is 22.1 Å². The number of phenolic OH excluding ortho intramolecular Hbond substituents is 4. The van der Waals surface area contributed by atoms with Gasteiger partial charge in [0.05, 0.1) is 42.1 Å². The molecule has 4 aromatic carbocycles. The van der Waals surface area contributed by atoms with Crippen molar-refractivity contribution in [2.75, 3.05) is 136 Å². The summed E-state index contributed by atoms with van der Waals surface area (Å²) in [6.07, 6.45) is -1.23. The van der Waals surface area contributed by atoms with E-state index in [1.165, 1.54) is 31.4 Å². The fourth-order valence-electron chi connectivity index (χ4n) is 13.2. The summed E-state index contributed by atoms with van der Waals surface area (Å²) in [6.45, 7) is 10.6. The summed E-state index contributed by atoms with van der Waals surface area (Å²) in [7, 11) is 0. The van der Waals surface area contributed by atoms with E-state index in [0.29, 0.717) is 82.3 Å². The monoisotopic (exact) mass is 1460 g/mol. The molecule has 3 saturated heterocycles. The molecule has 3 fully saturated rings. The Morgan fingerprint density at radius 1 is 0.562 bits per heavy atom. The first kappa shape index (κ1) is 80.2. The summed E-state index contributed by atoms with van der Waals surface area (Å²) in [5, 5.41) is 103. The van der Waals surface area contributed by atoms with E-state index in [1.807, 2.05) is 39.8 Å². The third-order valence-corrected chi connectivity index (χ3v) is 19.1. The van der Waals surface area contributed by atoms with Crippen LogP contribution in [0.5, 0.6) is 23.0 Å². The van der Waals surface area contributed by atoms with Crippen molar-refractivity contribution in [1.82, 2.24) is 64.6 Å². The van der Waals surface area contributed by atoms with Gasteiger partial charge in [0, 0.05) is 156 Å². The lowest BCUT2D eigenvalue weighted by Gasteiger charge is -2.35. The quantitative estimate of drug-likeness (QED) is 0.0239. The number of aromatic amines is 1. The molecule has 2 atom stereocenters. The van der Waals surface area contributed by atoms with Gasteiger partial charge in [0.2, 0.25) is 23.6 Å². The van der Waals surface area contributed by atoms with Gasteiger partial charge in [-0.05, 0) is 83.3 Å². The fourth-order valence-corrected chi connectivity index (χ4v) is 13.2. The Morgan fingerprint density at radius 3 is 1.50 bits per heavy atom. The molecule has 14 N–H and O–H groups in total. The average molecular weight is 1460 g/mol. The number of carboxylic acids is 4. The number of aromatic hydroxyl groups is 4. The minimum Gasteiger partial charge on any atom is -0.508 e. The number of anilines is 1. The van der Waals surface area contributed by atoms with E-state index in [9.17, 15) is 88.8 Å². The molecule has 5 aromatic rings. The molecule has 0 aliphatic carbocycles. The Hall–Kier alpha value is -10.5. The highest BCUT2D eigenvalue weighted by Gasteiger charge is 2.33. The number of aromatic nitrogens is 3. The number of hydrogen-bond acceptors (Lipinski definition) is 22. The van der Waals surface area contributed by atoms with E-state index in [4.69, 9.17) is 11.1 Å². The van der Waals surface area contributed by atoms with Crippen LogP contribution in [0.3, 0.4) is 0 Å². The molecule has 8 rings (SSSR count). The Bertz CT molecular complexity index is 3950. The van der Waals surface area contributed by atoms with Crippen LogP contribution in [-0.2, 0) is 51.4 Å². The van der Waals surface area contributed by atoms with E-state index in [-0.39, 0.29) is 155 Å². The van der Waals surface area contributed by atoms with Crippen LogP contribution in [0.4, 0.5) is 10.5 Å². The van der Waals surface area contributed by atoms with Crippen LogP contribution in [0.15, 0.2) is 77.6 Å². The van der Waals surface area contributed by atoms with Crippen LogP contribution in [-0.4, -0.2) is 297 Å². The number of rotatable bonds is 29. The standard InChI is InChI=1S/C71H96N16O18/c1-44(2)50-35-52(58(90)37-56(50)88)66(72)86(70(73)104)48-9-5-46(6-10-48)39-79-27-33-85(34-28-79)62(94)17-18-74-68(101)54(75-60(92)15-14-55(69(102)103)83-29-23-81(42-64(97)98)21-19-80(41-63(95)96)20-22-82(24-30-83)43-65(99)100)13-16-61(93)84-31-25-78(26-32-84)40-47-7-11-49(12-8-47)87-67(76-77-71(87)105)53-36-51(45(3)4)57(89)38-59(53)91/h5-12,35-38,44-45,54-55,72,88-91H,13-34,39-43H2,1-4H3,(H2,73,104)(H,74,101)(H,75,92)(H,77,105)(H,95,96)(H,97,98)(H,99,100)(H,102,103)/t54-,55-/m1/s1. The van der Waals surface area contributed by atoms with Gasteiger partial charge in [-0.15, -0.1) is 0 Å². The number of amidine groups is 1. The van der Waals surface area contributed by atoms with Crippen molar-refractivity contribution >= 4 is 65.1 Å². The number of piperazine rings is 2. The molecular formula is C71H96N16O18. The number of carboxylic acid groups (broad SMARTS) is 4. The topological polar surface area (TPSA) is 469 Å². The van der Waals surface area contributed by atoms with E-state index in [2.05, 4.69) is 30.6 Å². The van der Waals surface area contributed by atoms with Crippen molar-refractivity contribution in [3.8, 4) is 40.1 Å². The summed E-state index contributed by atoms with van der Waals surface area (Å²) in [5.74, 6) is -8.19. The number of carbonyl (C=O) groups excluding carboxylic acids is 5. The van der Waals surface area contributed by atoms with E-state index in [1.54, 1.807) is 57.2 Å². The van der Waals surface area contributed by atoms with Gasteiger partial charge in [0.1, 0.15) is 40.9 Å². The second kappa shape index (κ2) is 37.3. The molecule has 568 valence electrons. The van der Waals surface area contributed by atoms with E-state index >= 15 is 0 Å². The molecule has 34 heteroatoms. The minimum atomic E-state index is -1.36. The molecule has 0 saturated carbocycles. The highest BCUT2D eigenvalue weighted by atomic mass is 16.4. The van der Waals surface area contributed by atoms with Crippen LogP contribution in [0.25, 0.3) is 17.1 Å². The summed E-state index contributed by atoms with van der Waals surface area (Å²) in [6, 6.07) is 15.7. The first-order valence-corrected chi connectivity index (χ1v) is 35.0. The van der Waals surface area contributed by atoms with Gasteiger partial charge in [-0.25, -0.2) is 24.2 Å². The zero-order chi connectivity index (χ0) is 76.3. The second-order valence-electron chi connectivity index (χ2n) is 27.2. The average Bonchev–Trinajstić information content (AvgIpc) is 1.68. The second-order valence-corrected chi connectivity index (χ2v) is 27.2.